The minimum absolute atomic E-state index is 0.225. The molecule has 1 rings (SSSR count). The first-order valence-electron chi connectivity index (χ1n) is 8.66. The molecule has 1 saturated heterocycles. The molecule has 0 atom stereocenters. The summed E-state index contributed by atoms with van der Waals surface area (Å²) in [4.78, 5) is 2.75. The first-order valence-corrected chi connectivity index (χ1v) is 8.66. The normalized spacial score (nSPS) is 21.4. The van der Waals surface area contributed by atoms with Crippen LogP contribution >= 0.6 is 0 Å². The Kier molecular flexibility index (Phi) is 6.53. The third kappa shape index (κ3) is 5.04. The second kappa shape index (κ2) is 7.26. The van der Waals surface area contributed by atoms with E-state index in [4.69, 9.17) is 5.73 Å². The van der Waals surface area contributed by atoms with Gasteiger partial charge in [-0.15, -0.1) is 0 Å². The van der Waals surface area contributed by atoms with E-state index in [0.717, 1.165) is 6.54 Å². The summed E-state index contributed by atoms with van der Waals surface area (Å²) in [5, 5.41) is 0. The molecule has 2 heteroatoms. The van der Waals surface area contributed by atoms with Gasteiger partial charge in [0, 0.05) is 12.1 Å². The fourth-order valence-electron chi connectivity index (χ4n) is 4.05. The van der Waals surface area contributed by atoms with Crippen molar-refractivity contribution in [2.45, 2.75) is 79.2 Å². The zero-order chi connectivity index (χ0) is 15.4. The SMILES string of the molecule is CC(C)CC(CN)(CC(C)C)N1CCCC(C)(C)CC1. The van der Waals surface area contributed by atoms with Gasteiger partial charge in [0.05, 0.1) is 0 Å². The molecule has 2 nitrogen and oxygen atoms in total. The smallest absolute Gasteiger partial charge is 0.0336 e. The predicted molar refractivity (Wildman–Crippen MR) is 89.9 cm³/mol. The molecule has 20 heavy (non-hydrogen) atoms. The molecule has 1 aliphatic rings. The lowest BCUT2D eigenvalue weighted by Gasteiger charge is -2.46. The van der Waals surface area contributed by atoms with E-state index in [9.17, 15) is 0 Å². The Bertz CT molecular complexity index is 271. The van der Waals surface area contributed by atoms with Gasteiger partial charge in [0.15, 0.2) is 0 Å². The second-order valence-corrected chi connectivity index (χ2v) is 8.63. The average molecular weight is 283 g/mol. The summed E-state index contributed by atoms with van der Waals surface area (Å²) in [6, 6.07) is 0. The van der Waals surface area contributed by atoms with Gasteiger partial charge in [0.1, 0.15) is 0 Å². The van der Waals surface area contributed by atoms with E-state index in [-0.39, 0.29) is 5.54 Å². The van der Waals surface area contributed by atoms with Gasteiger partial charge in [-0.1, -0.05) is 41.5 Å². The Morgan fingerprint density at radius 3 is 2.00 bits per heavy atom. The third-order valence-corrected chi connectivity index (χ3v) is 4.97. The highest BCUT2D eigenvalue weighted by atomic mass is 15.2. The Hall–Kier alpha value is -0.0800. The lowest BCUT2D eigenvalue weighted by Crippen LogP contribution is -2.55. The molecule has 0 bridgehead atoms. The lowest BCUT2D eigenvalue weighted by molar-refractivity contribution is 0.0537. The van der Waals surface area contributed by atoms with Gasteiger partial charge in [-0.2, -0.15) is 0 Å². The monoisotopic (exact) mass is 282 g/mol. The van der Waals surface area contributed by atoms with Crippen molar-refractivity contribution in [2.24, 2.45) is 23.0 Å². The van der Waals surface area contributed by atoms with Gasteiger partial charge in [0.25, 0.3) is 0 Å². The largest absolute Gasteiger partial charge is 0.329 e. The molecular weight excluding hydrogens is 244 g/mol. The molecule has 0 aromatic rings. The zero-order valence-corrected chi connectivity index (χ0v) is 14.8. The van der Waals surface area contributed by atoms with Crippen molar-refractivity contribution in [1.29, 1.82) is 0 Å². The van der Waals surface area contributed by atoms with Crippen molar-refractivity contribution in [2.75, 3.05) is 19.6 Å². The van der Waals surface area contributed by atoms with E-state index in [1.54, 1.807) is 0 Å². The van der Waals surface area contributed by atoms with Crippen LogP contribution in [0.2, 0.25) is 0 Å². The number of nitrogens with zero attached hydrogens (tertiary/aromatic N) is 1. The fraction of sp³-hybridized carbons (Fsp3) is 1.00. The highest BCUT2D eigenvalue weighted by Gasteiger charge is 2.38. The van der Waals surface area contributed by atoms with Crippen molar-refractivity contribution >= 4 is 0 Å². The Balaban J connectivity index is 2.90. The van der Waals surface area contributed by atoms with Crippen LogP contribution in [0.1, 0.15) is 73.6 Å². The first-order chi connectivity index (χ1) is 9.21. The molecule has 2 N–H and O–H groups in total. The Labute approximate surface area is 127 Å². The minimum atomic E-state index is 0.225. The van der Waals surface area contributed by atoms with E-state index < -0.39 is 0 Å². The molecule has 0 amide bonds. The Morgan fingerprint density at radius 2 is 1.55 bits per heavy atom. The van der Waals surface area contributed by atoms with Gasteiger partial charge in [-0.25, -0.2) is 0 Å². The zero-order valence-electron chi connectivity index (χ0n) is 14.8. The van der Waals surface area contributed by atoms with E-state index in [1.165, 1.54) is 45.2 Å². The number of hydrogen-bond acceptors (Lipinski definition) is 2. The van der Waals surface area contributed by atoms with E-state index in [2.05, 4.69) is 46.4 Å². The standard InChI is InChI=1S/C18H38N2/c1-15(2)12-18(14-19,13-16(3)4)20-10-7-8-17(5,6)9-11-20/h15-16H,7-14,19H2,1-6H3. The van der Waals surface area contributed by atoms with E-state index in [1.807, 2.05) is 0 Å². The van der Waals surface area contributed by atoms with Gasteiger partial charge >= 0.3 is 0 Å². The van der Waals surface area contributed by atoms with Crippen molar-refractivity contribution in [3.8, 4) is 0 Å². The fourth-order valence-corrected chi connectivity index (χ4v) is 4.05. The summed E-state index contributed by atoms with van der Waals surface area (Å²) in [5.41, 5.74) is 7.04. The maximum Gasteiger partial charge on any atom is 0.0336 e. The summed E-state index contributed by atoms with van der Waals surface area (Å²) in [6.45, 7) is 17.5. The number of rotatable bonds is 6. The quantitative estimate of drug-likeness (QED) is 0.787. The molecule has 1 fully saturated rings. The van der Waals surface area contributed by atoms with Gasteiger partial charge < -0.3 is 5.73 Å². The number of nitrogens with two attached hydrogens (primary N) is 1. The number of likely N-dealkylation sites (tertiary alicyclic amines) is 1. The maximum absolute atomic E-state index is 6.31. The van der Waals surface area contributed by atoms with Crippen LogP contribution in [0, 0.1) is 17.3 Å². The average Bonchev–Trinajstić information content (AvgIpc) is 2.48. The number of hydrogen-bond donors (Lipinski definition) is 1. The molecule has 0 aromatic carbocycles. The van der Waals surface area contributed by atoms with Crippen molar-refractivity contribution in [3.63, 3.8) is 0 Å². The van der Waals surface area contributed by atoms with Crippen LogP contribution in [0.3, 0.4) is 0 Å². The first kappa shape index (κ1) is 18.0. The highest BCUT2D eigenvalue weighted by molar-refractivity contribution is 4.95. The van der Waals surface area contributed by atoms with Crippen LogP contribution in [-0.2, 0) is 0 Å². The molecule has 0 radical (unpaired) electrons. The molecule has 1 heterocycles. The lowest BCUT2D eigenvalue weighted by atomic mass is 9.80. The third-order valence-electron chi connectivity index (χ3n) is 4.97. The Morgan fingerprint density at radius 1 is 1.00 bits per heavy atom. The molecule has 0 aliphatic carbocycles. The minimum Gasteiger partial charge on any atom is -0.329 e. The summed E-state index contributed by atoms with van der Waals surface area (Å²) in [6.07, 6.45) is 6.47. The summed E-state index contributed by atoms with van der Waals surface area (Å²) in [7, 11) is 0. The van der Waals surface area contributed by atoms with Gasteiger partial charge in [-0.3, -0.25) is 4.90 Å². The molecule has 0 spiro atoms. The molecule has 0 unspecified atom stereocenters. The molecule has 0 aromatic heterocycles. The topological polar surface area (TPSA) is 29.3 Å². The molecule has 0 saturated carbocycles. The molecule has 1 aliphatic heterocycles. The van der Waals surface area contributed by atoms with E-state index >= 15 is 0 Å². The van der Waals surface area contributed by atoms with Crippen molar-refractivity contribution in [3.05, 3.63) is 0 Å². The van der Waals surface area contributed by atoms with Crippen molar-refractivity contribution < 1.29 is 0 Å². The van der Waals surface area contributed by atoms with E-state index in [0.29, 0.717) is 17.3 Å². The van der Waals surface area contributed by atoms with Crippen LogP contribution in [0.25, 0.3) is 0 Å². The van der Waals surface area contributed by atoms with Crippen LogP contribution in [-0.4, -0.2) is 30.1 Å². The predicted octanol–water partition coefficient (Wildman–Crippen LogP) is 4.29. The summed E-state index contributed by atoms with van der Waals surface area (Å²) >= 11 is 0. The van der Waals surface area contributed by atoms with Crippen LogP contribution in [0.5, 0.6) is 0 Å². The summed E-state index contributed by atoms with van der Waals surface area (Å²) in [5.74, 6) is 1.43. The molecule has 120 valence electrons. The summed E-state index contributed by atoms with van der Waals surface area (Å²) < 4.78 is 0. The van der Waals surface area contributed by atoms with Crippen LogP contribution < -0.4 is 5.73 Å². The van der Waals surface area contributed by atoms with Gasteiger partial charge in [-0.05, 0) is 62.4 Å². The highest BCUT2D eigenvalue weighted by Crippen LogP contribution is 2.36. The van der Waals surface area contributed by atoms with Crippen molar-refractivity contribution in [1.82, 2.24) is 4.90 Å². The van der Waals surface area contributed by atoms with Crippen LogP contribution in [0.4, 0.5) is 0 Å². The van der Waals surface area contributed by atoms with Crippen LogP contribution in [0.15, 0.2) is 0 Å². The molecular formula is C18H38N2. The second-order valence-electron chi connectivity index (χ2n) is 8.63. The maximum atomic E-state index is 6.31. The van der Waals surface area contributed by atoms with Gasteiger partial charge in [0.2, 0.25) is 0 Å².